The number of benzene rings is 1. The molecule has 88 valence electrons. The Morgan fingerprint density at radius 2 is 2.00 bits per heavy atom. The monoisotopic (exact) mass is 224 g/mol. The number of carbonyl (C=O) groups excluding carboxylic acids is 1. The van der Waals surface area contributed by atoms with Gasteiger partial charge in [-0.1, -0.05) is 30.3 Å². The van der Waals surface area contributed by atoms with E-state index in [4.69, 9.17) is 10.7 Å². The lowest BCUT2D eigenvalue weighted by atomic mass is 10.2. The van der Waals surface area contributed by atoms with Crippen LogP contribution in [-0.4, -0.2) is 17.3 Å². The average molecular weight is 224 g/mol. The van der Waals surface area contributed by atoms with Gasteiger partial charge >= 0.3 is 6.09 Å². The highest BCUT2D eigenvalue weighted by Gasteiger charge is 2.17. The minimum Gasteiger partial charge on any atom is -0.355 e. The van der Waals surface area contributed by atoms with Crippen molar-refractivity contribution in [3.63, 3.8) is 0 Å². The second kappa shape index (κ2) is 6.09. The van der Waals surface area contributed by atoms with Crippen LogP contribution in [-0.2, 0) is 16.2 Å². The Kier molecular flexibility index (Phi) is 4.75. The number of nitrogens with zero attached hydrogens (tertiary/aromatic N) is 1. The Morgan fingerprint density at radius 3 is 2.50 bits per heavy atom. The summed E-state index contributed by atoms with van der Waals surface area (Å²) in [6, 6.07) is 9.45. The maximum atomic E-state index is 11.3. The van der Waals surface area contributed by atoms with Crippen molar-refractivity contribution in [2.24, 2.45) is 5.90 Å². The van der Waals surface area contributed by atoms with Gasteiger partial charge in [0.05, 0.1) is 12.6 Å². The normalized spacial score (nSPS) is 10.2. The molecule has 1 rings (SSSR count). The van der Waals surface area contributed by atoms with Crippen molar-refractivity contribution in [1.82, 2.24) is 5.06 Å². The molecule has 0 atom stereocenters. The van der Waals surface area contributed by atoms with Gasteiger partial charge in [0.2, 0.25) is 0 Å². The van der Waals surface area contributed by atoms with Gasteiger partial charge in [-0.2, -0.15) is 11.0 Å². The lowest BCUT2D eigenvalue weighted by Gasteiger charge is -2.22. The van der Waals surface area contributed by atoms with Gasteiger partial charge in [-0.25, -0.2) is 4.79 Å². The first-order valence-electron chi connectivity index (χ1n) is 5.02. The number of hydroxylamine groups is 2. The first-order valence-corrected chi connectivity index (χ1v) is 5.02. The van der Waals surface area contributed by atoms with E-state index in [0.717, 1.165) is 10.6 Å². The molecule has 5 heteroatoms. The molecule has 0 fully saturated rings. The fourth-order valence-electron chi connectivity index (χ4n) is 1.21. The Balaban J connectivity index is 2.67. The van der Waals surface area contributed by atoms with Crippen LogP contribution in [0.5, 0.6) is 0 Å². The summed E-state index contributed by atoms with van der Waals surface area (Å²) in [6.07, 6.45) is -0.833. The highest BCUT2D eigenvalue weighted by Crippen LogP contribution is 2.07. The number of rotatable bonds is 4. The molecular weight excluding hydrogens is 208 g/mol. The molecule has 0 radical (unpaired) electrons. The fraction of sp³-hybridized carbons (Fsp3) is 0.364. The molecule has 1 aromatic carbocycles. The molecule has 0 unspecified atom stereocenters. The molecule has 5 nitrogen and oxygen atoms in total. The van der Waals surface area contributed by atoms with Crippen LogP contribution in [0.15, 0.2) is 30.3 Å². The van der Waals surface area contributed by atoms with E-state index in [9.17, 15) is 4.79 Å². The van der Waals surface area contributed by atoms with E-state index in [0.29, 0.717) is 6.54 Å². The smallest absolute Gasteiger partial charge is 0.355 e. The van der Waals surface area contributed by atoms with Crippen LogP contribution in [0.1, 0.15) is 19.4 Å². The molecule has 0 bridgehead atoms. The average Bonchev–Trinajstić information content (AvgIpc) is 2.28. The summed E-state index contributed by atoms with van der Waals surface area (Å²) in [5.41, 5.74) is 0.938. The van der Waals surface area contributed by atoms with Crippen molar-refractivity contribution >= 4 is 6.09 Å². The summed E-state index contributed by atoms with van der Waals surface area (Å²) >= 11 is 0. The Labute approximate surface area is 94.7 Å². The second-order valence-electron chi connectivity index (χ2n) is 3.56. The standard InChI is InChI=1S/C11H16N2O3/c1-9(2)16-13(11(14)15-12)8-10-6-4-3-5-7-10/h3-7,9H,8,12H2,1-2H3. The summed E-state index contributed by atoms with van der Waals surface area (Å²) in [5, 5.41) is 1.10. The van der Waals surface area contributed by atoms with Gasteiger partial charge in [0.25, 0.3) is 0 Å². The predicted molar refractivity (Wildman–Crippen MR) is 58.9 cm³/mol. The molecule has 0 aliphatic heterocycles. The zero-order valence-electron chi connectivity index (χ0n) is 9.42. The number of hydrogen-bond donors (Lipinski definition) is 1. The zero-order chi connectivity index (χ0) is 12.0. The summed E-state index contributed by atoms with van der Waals surface area (Å²) < 4.78 is 0. The van der Waals surface area contributed by atoms with Crippen molar-refractivity contribution in [2.45, 2.75) is 26.5 Å². The van der Waals surface area contributed by atoms with Gasteiger partial charge in [-0.05, 0) is 19.4 Å². The number of hydrogen-bond acceptors (Lipinski definition) is 4. The predicted octanol–water partition coefficient (Wildman–Crippen LogP) is 1.84. The molecule has 0 aliphatic carbocycles. The van der Waals surface area contributed by atoms with E-state index in [2.05, 4.69) is 4.84 Å². The Morgan fingerprint density at radius 1 is 1.38 bits per heavy atom. The quantitative estimate of drug-likeness (QED) is 0.792. The summed E-state index contributed by atoms with van der Waals surface area (Å²) in [6.45, 7) is 3.94. The van der Waals surface area contributed by atoms with E-state index >= 15 is 0 Å². The molecule has 0 spiro atoms. The number of amides is 1. The van der Waals surface area contributed by atoms with E-state index in [1.165, 1.54) is 0 Å². The molecule has 0 aliphatic rings. The van der Waals surface area contributed by atoms with Crippen molar-refractivity contribution in [3.05, 3.63) is 35.9 Å². The van der Waals surface area contributed by atoms with E-state index in [-0.39, 0.29) is 6.10 Å². The Hall–Kier alpha value is -1.59. The van der Waals surface area contributed by atoms with Crippen LogP contribution in [0.2, 0.25) is 0 Å². The minimum absolute atomic E-state index is 0.122. The minimum atomic E-state index is -0.711. The van der Waals surface area contributed by atoms with Gasteiger partial charge in [0, 0.05) is 0 Å². The van der Waals surface area contributed by atoms with Crippen LogP contribution in [0, 0.1) is 0 Å². The summed E-state index contributed by atoms with van der Waals surface area (Å²) in [5.74, 6) is 4.83. The molecule has 1 aromatic rings. The van der Waals surface area contributed by atoms with Gasteiger partial charge in [-0.3, -0.25) is 4.84 Å². The maximum absolute atomic E-state index is 11.3. The lowest BCUT2D eigenvalue weighted by Crippen LogP contribution is -2.35. The van der Waals surface area contributed by atoms with Crippen LogP contribution >= 0.6 is 0 Å². The summed E-state index contributed by atoms with van der Waals surface area (Å²) in [7, 11) is 0. The zero-order valence-corrected chi connectivity index (χ0v) is 9.42. The first-order chi connectivity index (χ1) is 7.63. The SMILES string of the molecule is CC(C)ON(Cc1ccccc1)C(=O)ON. The van der Waals surface area contributed by atoms with Crippen LogP contribution in [0.3, 0.4) is 0 Å². The molecule has 2 N–H and O–H groups in total. The summed E-state index contributed by atoms with van der Waals surface area (Å²) in [4.78, 5) is 20.7. The van der Waals surface area contributed by atoms with E-state index in [1.54, 1.807) is 0 Å². The van der Waals surface area contributed by atoms with Crippen molar-refractivity contribution in [3.8, 4) is 0 Å². The molecule has 0 aromatic heterocycles. The lowest BCUT2D eigenvalue weighted by molar-refractivity contribution is -0.170. The van der Waals surface area contributed by atoms with E-state index in [1.807, 2.05) is 44.2 Å². The number of carbonyl (C=O) groups is 1. The largest absolute Gasteiger partial charge is 0.453 e. The Bertz CT molecular complexity index is 327. The molecular formula is C11H16N2O3. The van der Waals surface area contributed by atoms with Crippen molar-refractivity contribution in [2.75, 3.05) is 0 Å². The maximum Gasteiger partial charge on any atom is 0.453 e. The van der Waals surface area contributed by atoms with Gasteiger partial charge < -0.3 is 4.84 Å². The van der Waals surface area contributed by atoms with Crippen molar-refractivity contribution in [1.29, 1.82) is 0 Å². The first kappa shape index (κ1) is 12.5. The second-order valence-corrected chi connectivity index (χ2v) is 3.56. The molecule has 1 amide bonds. The molecule has 0 saturated carbocycles. The molecule has 0 heterocycles. The topological polar surface area (TPSA) is 64.8 Å². The van der Waals surface area contributed by atoms with Gasteiger partial charge in [-0.15, -0.1) is 0 Å². The van der Waals surface area contributed by atoms with Crippen molar-refractivity contribution < 1.29 is 14.5 Å². The van der Waals surface area contributed by atoms with E-state index < -0.39 is 6.09 Å². The van der Waals surface area contributed by atoms with Crippen LogP contribution < -0.4 is 5.90 Å². The third-order valence-electron chi connectivity index (χ3n) is 1.81. The third-order valence-corrected chi connectivity index (χ3v) is 1.81. The fourth-order valence-corrected chi connectivity index (χ4v) is 1.21. The highest BCUT2D eigenvalue weighted by atomic mass is 16.8. The van der Waals surface area contributed by atoms with Gasteiger partial charge in [0.1, 0.15) is 0 Å². The highest BCUT2D eigenvalue weighted by molar-refractivity contribution is 5.65. The number of nitrogens with two attached hydrogens (primary N) is 1. The van der Waals surface area contributed by atoms with Gasteiger partial charge in [0.15, 0.2) is 0 Å². The van der Waals surface area contributed by atoms with Crippen LogP contribution in [0.25, 0.3) is 0 Å². The molecule has 16 heavy (non-hydrogen) atoms. The molecule has 0 saturated heterocycles. The third kappa shape index (κ3) is 3.88. The van der Waals surface area contributed by atoms with Crippen LogP contribution in [0.4, 0.5) is 4.79 Å².